The summed E-state index contributed by atoms with van der Waals surface area (Å²) in [5.74, 6) is -0.434. The summed E-state index contributed by atoms with van der Waals surface area (Å²) >= 11 is 0. The van der Waals surface area contributed by atoms with Crippen molar-refractivity contribution >= 4 is 11.8 Å². The maximum Gasteiger partial charge on any atom is 0.273 e. The summed E-state index contributed by atoms with van der Waals surface area (Å²) in [5, 5.41) is 16.6. The zero-order valence-electron chi connectivity index (χ0n) is 20.6. The van der Waals surface area contributed by atoms with Crippen LogP contribution in [0.25, 0.3) is 0 Å². The van der Waals surface area contributed by atoms with E-state index in [9.17, 15) is 14.7 Å². The van der Waals surface area contributed by atoms with Crippen molar-refractivity contribution in [3.05, 3.63) is 58.8 Å². The molecule has 0 radical (unpaired) electrons. The van der Waals surface area contributed by atoms with Crippen LogP contribution in [0.5, 0.6) is 5.88 Å². The second kappa shape index (κ2) is 10.9. The number of fused-ring (bicyclic) bond motifs is 3. The van der Waals surface area contributed by atoms with Crippen LogP contribution in [-0.4, -0.2) is 83.9 Å². The van der Waals surface area contributed by atoms with Crippen LogP contribution in [0, 0.1) is 0 Å². The molecule has 3 aliphatic rings. The maximum absolute atomic E-state index is 13.2. The molecule has 3 unspecified atom stereocenters. The van der Waals surface area contributed by atoms with Gasteiger partial charge in [-0.3, -0.25) is 9.59 Å². The number of hydrogen-bond donors (Lipinski definition) is 3. The fourth-order valence-corrected chi connectivity index (χ4v) is 5.46. The minimum absolute atomic E-state index is 0.0741. The molecule has 9 nitrogen and oxygen atoms in total. The van der Waals surface area contributed by atoms with Gasteiger partial charge in [0.25, 0.3) is 11.8 Å². The van der Waals surface area contributed by atoms with E-state index < -0.39 is 12.0 Å². The first-order valence-electron chi connectivity index (χ1n) is 12.8. The largest absolute Gasteiger partial charge is 0.477 e. The van der Waals surface area contributed by atoms with Crippen LogP contribution < -0.4 is 15.4 Å². The molecular weight excluding hydrogens is 460 g/mol. The molecule has 2 aliphatic heterocycles. The molecule has 5 rings (SSSR count). The quantitative estimate of drug-likeness (QED) is 0.482. The molecule has 36 heavy (non-hydrogen) atoms. The summed E-state index contributed by atoms with van der Waals surface area (Å²) in [4.78, 5) is 32.3. The Hall–Kier alpha value is -3.01. The summed E-state index contributed by atoms with van der Waals surface area (Å²) < 4.78 is 11.2. The zero-order valence-corrected chi connectivity index (χ0v) is 20.6. The average molecular weight is 495 g/mol. The van der Waals surface area contributed by atoms with E-state index in [0.717, 1.165) is 25.7 Å². The van der Waals surface area contributed by atoms with Gasteiger partial charge in [-0.15, -0.1) is 0 Å². The Morgan fingerprint density at radius 2 is 1.81 bits per heavy atom. The SMILES string of the molecule is CCOc1nc(C(=O)N2C3CCC2COC3)ccc1C(=O)NCC(O)CNC1Cc2ccccc2C1. The Balaban J connectivity index is 1.16. The lowest BCUT2D eigenvalue weighted by Crippen LogP contribution is -2.49. The van der Waals surface area contributed by atoms with Gasteiger partial charge in [-0.2, -0.15) is 0 Å². The number of pyridine rings is 1. The Bertz CT molecular complexity index is 1070. The Morgan fingerprint density at radius 3 is 2.47 bits per heavy atom. The summed E-state index contributed by atoms with van der Waals surface area (Å²) in [7, 11) is 0. The molecule has 2 saturated heterocycles. The maximum atomic E-state index is 13.2. The molecule has 3 N–H and O–H groups in total. The second-order valence-corrected chi connectivity index (χ2v) is 9.76. The monoisotopic (exact) mass is 494 g/mol. The minimum Gasteiger partial charge on any atom is -0.477 e. The predicted octanol–water partition coefficient (Wildman–Crippen LogP) is 1.33. The lowest BCUT2D eigenvalue weighted by Gasteiger charge is -2.34. The van der Waals surface area contributed by atoms with Gasteiger partial charge in [-0.25, -0.2) is 4.98 Å². The van der Waals surface area contributed by atoms with E-state index in [-0.39, 0.29) is 47.7 Å². The molecule has 2 amide bonds. The van der Waals surface area contributed by atoms with Crippen molar-refractivity contribution in [2.75, 3.05) is 32.9 Å². The minimum atomic E-state index is -0.737. The van der Waals surface area contributed by atoms with Gasteiger partial charge in [0.2, 0.25) is 5.88 Å². The number of amides is 2. The molecule has 3 heterocycles. The number of aliphatic hydroxyl groups is 1. The van der Waals surface area contributed by atoms with Crippen LogP contribution in [0.15, 0.2) is 36.4 Å². The third kappa shape index (κ3) is 5.23. The van der Waals surface area contributed by atoms with E-state index >= 15 is 0 Å². The summed E-state index contributed by atoms with van der Waals surface area (Å²) in [6, 6.07) is 12.0. The van der Waals surface area contributed by atoms with Gasteiger partial charge >= 0.3 is 0 Å². The van der Waals surface area contributed by atoms with Crippen LogP contribution >= 0.6 is 0 Å². The Morgan fingerprint density at radius 1 is 1.11 bits per heavy atom. The molecule has 1 aromatic heterocycles. The lowest BCUT2D eigenvalue weighted by molar-refractivity contribution is -0.00750. The number of nitrogens with one attached hydrogen (secondary N) is 2. The molecular formula is C27H34N4O5. The number of carbonyl (C=O) groups is 2. The molecule has 0 spiro atoms. The number of aliphatic hydroxyl groups excluding tert-OH is 1. The molecule has 1 aliphatic carbocycles. The van der Waals surface area contributed by atoms with Crippen molar-refractivity contribution in [2.24, 2.45) is 0 Å². The highest BCUT2D eigenvalue weighted by Gasteiger charge is 2.41. The first kappa shape index (κ1) is 24.7. The molecule has 1 aromatic carbocycles. The first-order valence-corrected chi connectivity index (χ1v) is 12.8. The number of aromatic nitrogens is 1. The number of nitrogens with zero attached hydrogens (tertiary/aromatic N) is 2. The van der Waals surface area contributed by atoms with E-state index in [1.54, 1.807) is 19.1 Å². The highest BCUT2D eigenvalue weighted by atomic mass is 16.5. The lowest BCUT2D eigenvalue weighted by atomic mass is 10.1. The second-order valence-electron chi connectivity index (χ2n) is 9.76. The summed E-state index contributed by atoms with van der Waals surface area (Å²) in [5.41, 5.74) is 3.19. The smallest absolute Gasteiger partial charge is 0.273 e. The Labute approximate surface area is 211 Å². The van der Waals surface area contributed by atoms with E-state index in [2.05, 4.69) is 27.8 Å². The molecule has 2 fully saturated rings. The highest BCUT2D eigenvalue weighted by molar-refractivity contribution is 5.98. The number of carbonyl (C=O) groups excluding carboxylic acids is 2. The molecule has 0 saturated carbocycles. The van der Waals surface area contributed by atoms with Gasteiger partial charge in [0, 0.05) is 19.1 Å². The zero-order chi connectivity index (χ0) is 25.1. The van der Waals surface area contributed by atoms with Crippen molar-refractivity contribution < 1.29 is 24.2 Å². The van der Waals surface area contributed by atoms with Crippen molar-refractivity contribution in [1.29, 1.82) is 0 Å². The van der Waals surface area contributed by atoms with Crippen molar-refractivity contribution in [3.63, 3.8) is 0 Å². The molecule has 2 aromatic rings. The van der Waals surface area contributed by atoms with Gasteiger partial charge in [0.15, 0.2) is 0 Å². The Kier molecular flexibility index (Phi) is 7.50. The summed E-state index contributed by atoms with van der Waals surface area (Å²) in [6.45, 7) is 3.68. The van der Waals surface area contributed by atoms with Crippen LogP contribution in [0.4, 0.5) is 0 Å². The number of morpholine rings is 1. The average Bonchev–Trinajstić information content (AvgIpc) is 3.42. The van der Waals surface area contributed by atoms with Gasteiger partial charge < -0.3 is 30.1 Å². The fourth-order valence-electron chi connectivity index (χ4n) is 5.46. The summed E-state index contributed by atoms with van der Waals surface area (Å²) in [6.07, 6.45) is 3.00. The van der Waals surface area contributed by atoms with E-state index in [4.69, 9.17) is 9.47 Å². The third-order valence-corrected chi connectivity index (χ3v) is 7.27. The first-order chi connectivity index (χ1) is 17.5. The van der Waals surface area contributed by atoms with Gasteiger partial charge in [0.05, 0.1) is 38.0 Å². The van der Waals surface area contributed by atoms with Crippen LogP contribution in [-0.2, 0) is 17.6 Å². The number of benzene rings is 1. The van der Waals surface area contributed by atoms with E-state index in [1.807, 2.05) is 17.0 Å². The predicted molar refractivity (Wildman–Crippen MR) is 133 cm³/mol. The van der Waals surface area contributed by atoms with Gasteiger partial charge in [-0.1, -0.05) is 24.3 Å². The molecule has 3 atom stereocenters. The highest BCUT2D eigenvalue weighted by Crippen LogP contribution is 2.30. The van der Waals surface area contributed by atoms with Crippen molar-refractivity contribution in [3.8, 4) is 5.88 Å². The molecule has 9 heteroatoms. The van der Waals surface area contributed by atoms with Gasteiger partial charge in [-0.05, 0) is 55.9 Å². The molecule has 192 valence electrons. The van der Waals surface area contributed by atoms with Crippen LogP contribution in [0.3, 0.4) is 0 Å². The standard InChI is InChI=1S/C27H34N4O5/c1-2-36-26-23(9-10-24(30-26)27(34)31-20-7-8-21(31)16-35-15-20)25(33)29-14-22(32)13-28-19-11-17-5-3-4-6-18(17)12-19/h3-6,9-10,19-22,28,32H,2,7-8,11-16H2,1H3,(H,29,33). The normalized spacial score (nSPS) is 21.8. The van der Waals surface area contributed by atoms with Crippen LogP contribution in [0.2, 0.25) is 0 Å². The van der Waals surface area contributed by atoms with Crippen LogP contribution in [0.1, 0.15) is 51.7 Å². The topological polar surface area (TPSA) is 113 Å². The fraction of sp³-hybridized carbons (Fsp3) is 0.519. The van der Waals surface area contributed by atoms with E-state index in [0.29, 0.717) is 26.4 Å². The van der Waals surface area contributed by atoms with E-state index in [1.165, 1.54) is 11.1 Å². The van der Waals surface area contributed by atoms with Crippen molar-refractivity contribution in [1.82, 2.24) is 20.5 Å². The van der Waals surface area contributed by atoms with Crippen molar-refractivity contribution in [2.45, 2.75) is 56.8 Å². The number of rotatable bonds is 9. The molecule has 2 bridgehead atoms. The van der Waals surface area contributed by atoms with Gasteiger partial charge in [0.1, 0.15) is 11.3 Å². The number of ether oxygens (including phenoxy) is 2. The number of hydrogen-bond acceptors (Lipinski definition) is 7. The third-order valence-electron chi connectivity index (χ3n) is 7.27.